The van der Waals surface area contributed by atoms with Crippen molar-refractivity contribution < 1.29 is 22.5 Å². The van der Waals surface area contributed by atoms with E-state index in [0.717, 1.165) is 38.0 Å². The van der Waals surface area contributed by atoms with Gasteiger partial charge in [-0.15, -0.1) is 0 Å². The molecule has 0 radical (unpaired) electrons. The maximum absolute atomic E-state index is 11.9. The lowest BCUT2D eigenvalue weighted by Gasteiger charge is -2.22. The molecule has 0 amide bonds. The molecule has 0 aromatic rings. The fraction of sp³-hybridized carbons (Fsp3) is 0.933. The van der Waals surface area contributed by atoms with Crippen molar-refractivity contribution in [2.24, 2.45) is 0 Å². The van der Waals surface area contributed by atoms with Crippen molar-refractivity contribution in [3.8, 4) is 0 Å². The van der Waals surface area contributed by atoms with Crippen molar-refractivity contribution in [2.45, 2.75) is 50.9 Å². The van der Waals surface area contributed by atoms with E-state index in [9.17, 15) is 4.79 Å². The zero-order valence-corrected chi connectivity index (χ0v) is 17.7. The molecule has 0 saturated carbocycles. The number of hydrogen-bond donors (Lipinski definition) is 1. The number of Topliss-reactive ketones (excluding diaryl/α,β-unsaturated/α-hetero) is 1. The highest BCUT2D eigenvalue weighted by Crippen LogP contribution is 2.15. The molecule has 0 aliphatic rings. The first kappa shape index (κ1) is 22.9. The number of carbonyl (C=O) groups is 1. The maximum atomic E-state index is 11.9. The lowest BCUT2D eigenvalue weighted by Crippen LogP contribution is -2.36. The minimum atomic E-state index is -2.03. The van der Waals surface area contributed by atoms with Crippen LogP contribution in [-0.4, -0.2) is 64.4 Å². The summed E-state index contributed by atoms with van der Waals surface area (Å²) in [7, 11) is 2.81. The molecule has 0 atom stereocenters. The smallest absolute Gasteiger partial charge is 0.334 e. The highest BCUT2D eigenvalue weighted by atomic mass is 28.4. The third kappa shape index (κ3) is 10.4. The van der Waals surface area contributed by atoms with E-state index in [-0.39, 0.29) is 0 Å². The zero-order valence-electron chi connectivity index (χ0n) is 15.7. The van der Waals surface area contributed by atoms with Crippen LogP contribution in [0, 0.1) is 0 Å². The Kier molecular flexibility index (Phi) is 12.2. The van der Waals surface area contributed by atoms with Crippen LogP contribution in [0.25, 0.3) is 0 Å². The summed E-state index contributed by atoms with van der Waals surface area (Å²) in [4.78, 5) is 11.9. The van der Waals surface area contributed by atoms with Gasteiger partial charge in [-0.1, -0.05) is 0 Å². The van der Waals surface area contributed by atoms with Gasteiger partial charge >= 0.3 is 17.1 Å². The third-order valence-electron chi connectivity index (χ3n) is 4.38. The average molecular weight is 366 g/mol. The van der Waals surface area contributed by atoms with Gasteiger partial charge in [0.2, 0.25) is 0 Å². The molecule has 0 bridgehead atoms. The van der Waals surface area contributed by atoms with Crippen molar-refractivity contribution in [3.05, 3.63) is 0 Å². The van der Waals surface area contributed by atoms with E-state index in [1.165, 1.54) is 0 Å². The van der Waals surface area contributed by atoms with Crippen molar-refractivity contribution in [2.75, 3.05) is 41.5 Å². The normalized spacial score (nSPS) is 12.6. The van der Waals surface area contributed by atoms with Crippen molar-refractivity contribution in [3.63, 3.8) is 0 Å². The highest BCUT2D eigenvalue weighted by Gasteiger charge is 2.28. The summed E-state index contributed by atoms with van der Waals surface area (Å²) >= 11 is 0. The van der Waals surface area contributed by atoms with E-state index in [2.05, 4.69) is 11.9 Å². The fourth-order valence-electron chi connectivity index (χ4n) is 2.19. The number of nitrogens with one attached hydrogen (secondary N) is 1. The van der Waals surface area contributed by atoms with Crippen LogP contribution in [0.2, 0.25) is 25.2 Å². The van der Waals surface area contributed by atoms with Gasteiger partial charge in [0.1, 0.15) is 5.78 Å². The monoisotopic (exact) mass is 365 g/mol. The molecule has 0 saturated heterocycles. The Morgan fingerprint density at radius 3 is 1.74 bits per heavy atom. The van der Waals surface area contributed by atoms with Gasteiger partial charge in [-0.25, -0.2) is 0 Å². The maximum Gasteiger partial charge on any atom is 0.334 e. The molecule has 1 N–H and O–H groups in total. The molecule has 0 unspecified atom stereocenters. The Labute approximate surface area is 143 Å². The van der Waals surface area contributed by atoms with E-state index >= 15 is 0 Å². The highest BCUT2D eigenvalue weighted by molar-refractivity contribution is 6.66. The van der Waals surface area contributed by atoms with Gasteiger partial charge in [0.25, 0.3) is 0 Å². The van der Waals surface area contributed by atoms with Crippen molar-refractivity contribution >= 4 is 22.9 Å². The first-order valence-corrected chi connectivity index (χ1v) is 13.3. The molecule has 0 aromatic carbocycles. The summed E-state index contributed by atoms with van der Waals surface area (Å²) in [6, 6.07) is 1.81. The van der Waals surface area contributed by atoms with Crippen LogP contribution in [0.5, 0.6) is 0 Å². The van der Waals surface area contributed by atoms with Crippen LogP contribution >= 0.6 is 0 Å². The number of carbonyl (C=O) groups excluding carboxylic acids is 1. The standard InChI is InChI=1S/C15H35NO5Si2/c1-18-22(5,19-2)13-7-9-15(17)10-12-16-11-8-14-23(6,20-3)21-4/h16H,7-14H2,1-6H3. The SMILES string of the molecule is CO[Si](C)(CCCNCCC(=O)CCC[Si](C)(OC)OC)OC. The lowest BCUT2D eigenvalue weighted by atomic mass is 10.2. The van der Waals surface area contributed by atoms with Gasteiger partial charge in [0.15, 0.2) is 0 Å². The molecule has 0 rings (SSSR count). The molecule has 6 nitrogen and oxygen atoms in total. The largest absolute Gasteiger partial charge is 0.398 e. The van der Waals surface area contributed by atoms with Crippen LogP contribution in [0.15, 0.2) is 0 Å². The Hall–Kier alpha value is -0.0962. The Morgan fingerprint density at radius 1 is 0.783 bits per heavy atom. The van der Waals surface area contributed by atoms with E-state index in [1.54, 1.807) is 28.4 Å². The summed E-state index contributed by atoms with van der Waals surface area (Å²) in [5, 5.41) is 3.32. The van der Waals surface area contributed by atoms with Crippen LogP contribution in [0.4, 0.5) is 0 Å². The summed E-state index contributed by atoms with van der Waals surface area (Å²) < 4.78 is 21.7. The molecule has 0 heterocycles. The molecule has 23 heavy (non-hydrogen) atoms. The van der Waals surface area contributed by atoms with Crippen molar-refractivity contribution in [1.29, 1.82) is 0 Å². The molecule has 0 spiro atoms. The van der Waals surface area contributed by atoms with Gasteiger partial charge in [0, 0.05) is 47.8 Å². The van der Waals surface area contributed by atoms with Crippen molar-refractivity contribution in [1.82, 2.24) is 5.32 Å². The first-order valence-electron chi connectivity index (χ1n) is 8.27. The zero-order chi connectivity index (χ0) is 17.8. The van der Waals surface area contributed by atoms with Gasteiger partial charge in [-0.05, 0) is 44.6 Å². The molecular weight excluding hydrogens is 330 g/mol. The summed E-state index contributed by atoms with van der Waals surface area (Å²) in [6.45, 7) is 5.71. The Bertz CT molecular complexity index is 323. The predicted molar refractivity (Wildman–Crippen MR) is 97.2 cm³/mol. The van der Waals surface area contributed by atoms with Crippen LogP contribution in [0.3, 0.4) is 0 Å². The minimum Gasteiger partial charge on any atom is -0.398 e. The molecule has 0 aliphatic carbocycles. The van der Waals surface area contributed by atoms with Gasteiger partial charge in [-0.3, -0.25) is 4.79 Å². The number of rotatable bonds is 15. The molecular formula is C15H35NO5Si2. The van der Waals surface area contributed by atoms with Gasteiger partial charge in [0.05, 0.1) is 0 Å². The number of ketones is 1. The van der Waals surface area contributed by atoms with E-state index in [0.29, 0.717) is 18.6 Å². The van der Waals surface area contributed by atoms with Crippen LogP contribution in [0.1, 0.15) is 25.7 Å². The quantitative estimate of drug-likeness (QED) is 0.355. The molecule has 138 valence electrons. The topological polar surface area (TPSA) is 66.0 Å². The first-order chi connectivity index (χ1) is 10.8. The molecule has 8 heteroatoms. The molecule has 0 fully saturated rings. The number of hydrogen-bond acceptors (Lipinski definition) is 6. The van der Waals surface area contributed by atoms with Gasteiger partial charge < -0.3 is 23.0 Å². The molecule has 0 aliphatic heterocycles. The second-order valence-electron chi connectivity index (χ2n) is 6.08. The van der Waals surface area contributed by atoms with Crippen LogP contribution in [-0.2, 0) is 22.5 Å². The fourth-order valence-corrected chi connectivity index (χ4v) is 4.98. The van der Waals surface area contributed by atoms with E-state index in [1.807, 2.05) is 6.55 Å². The average Bonchev–Trinajstić information content (AvgIpc) is 2.57. The van der Waals surface area contributed by atoms with Gasteiger partial charge in [-0.2, -0.15) is 0 Å². The summed E-state index contributed by atoms with van der Waals surface area (Å²) in [6.07, 6.45) is 3.04. The summed E-state index contributed by atoms with van der Waals surface area (Å²) in [5.74, 6) is 0.300. The lowest BCUT2D eigenvalue weighted by molar-refractivity contribution is -0.119. The van der Waals surface area contributed by atoms with Crippen LogP contribution < -0.4 is 5.32 Å². The second kappa shape index (κ2) is 12.3. The molecule has 0 aromatic heterocycles. The van der Waals surface area contributed by atoms with E-state index < -0.39 is 17.1 Å². The third-order valence-corrected chi connectivity index (χ3v) is 10.4. The Balaban J connectivity index is 3.65. The van der Waals surface area contributed by atoms with E-state index in [4.69, 9.17) is 17.7 Å². The summed E-state index contributed by atoms with van der Waals surface area (Å²) in [5.41, 5.74) is 0. The Morgan fingerprint density at radius 2 is 1.26 bits per heavy atom. The predicted octanol–water partition coefficient (Wildman–Crippen LogP) is 2.44. The minimum absolute atomic E-state index is 0.300. The second-order valence-corrected chi connectivity index (χ2v) is 13.2.